The molecule has 6 heteroatoms. The van der Waals surface area contributed by atoms with E-state index in [0.29, 0.717) is 0 Å². The van der Waals surface area contributed by atoms with Gasteiger partial charge in [0.05, 0.1) is 10.6 Å². The highest BCUT2D eigenvalue weighted by molar-refractivity contribution is 7.13. The molecule has 5 nitrogen and oxygen atoms in total. The Balaban J connectivity index is 1.75. The van der Waals surface area contributed by atoms with Crippen LogP contribution in [0.15, 0.2) is 29.9 Å². The Morgan fingerprint density at radius 3 is 3.15 bits per heavy atom. The normalized spacial score (nSPS) is 18.2. The Kier molecular flexibility index (Phi) is 3.64. The van der Waals surface area contributed by atoms with Crippen molar-refractivity contribution < 1.29 is 4.79 Å². The molecule has 1 amide bonds. The minimum absolute atomic E-state index is 0.0267. The standard InChI is InChI=1S/C14H16N4OS/c1-10(19)17-11-4-5-18(8-11)14-7-12(15-9-16-14)13-3-2-6-20-13/h2-3,6-7,9,11H,4-5,8H2,1H3,(H,17,19). The number of hydrogen-bond donors (Lipinski definition) is 1. The lowest BCUT2D eigenvalue weighted by Crippen LogP contribution is -2.35. The molecule has 0 bridgehead atoms. The van der Waals surface area contributed by atoms with Crippen molar-refractivity contribution in [2.45, 2.75) is 19.4 Å². The van der Waals surface area contributed by atoms with Crippen molar-refractivity contribution in [3.8, 4) is 10.6 Å². The average molecular weight is 288 g/mol. The molecule has 3 rings (SSSR count). The van der Waals surface area contributed by atoms with Crippen LogP contribution in [0.25, 0.3) is 10.6 Å². The van der Waals surface area contributed by atoms with Gasteiger partial charge in [0.25, 0.3) is 0 Å². The Morgan fingerprint density at radius 2 is 2.40 bits per heavy atom. The monoisotopic (exact) mass is 288 g/mol. The van der Waals surface area contributed by atoms with Crippen LogP contribution in [0, 0.1) is 0 Å². The summed E-state index contributed by atoms with van der Waals surface area (Å²) in [6.45, 7) is 3.27. The summed E-state index contributed by atoms with van der Waals surface area (Å²) in [7, 11) is 0. The van der Waals surface area contributed by atoms with Gasteiger partial charge in [0.15, 0.2) is 0 Å². The molecule has 1 aliphatic heterocycles. The molecule has 0 aliphatic carbocycles. The summed E-state index contributed by atoms with van der Waals surface area (Å²) in [6.07, 6.45) is 2.56. The van der Waals surface area contributed by atoms with Crippen molar-refractivity contribution in [1.82, 2.24) is 15.3 Å². The summed E-state index contributed by atoms with van der Waals surface area (Å²) < 4.78 is 0. The van der Waals surface area contributed by atoms with Gasteiger partial charge in [0.2, 0.25) is 5.91 Å². The second kappa shape index (κ2) is 5.58. The van der Waals surface area contributed by atoms with Crippen molar-refractivity contribution in [3.05, 3.63) is 29.9 Å². The van der Waals surface area contributed by atoms with Crippen molar-refractivity contribution in [2.75, 3.05) is 18.0 Å². The first kappa shape index (κ1) is 13.1. The first-order valence-corrected chi connectivity index (χ1v) is 7.48. The molecule has 1 atom stereocenters. The van der Waals surface area contributed by atoms with Gasteiger partial charge in [-0.1, -0.05) is 6.07 Å². The smallest absolute Gasteiger partial charge is 0.217 e. The molecule has 1 saturated heterocycles. The number of hydrogen-bond acceptors (Lipinski definition) is 5. The highest BCUT2D eigenvalue weighted by Crippen LogP contribution is 2.26. The molecule has 104 valence electrons. The van der Waals surface area contributed by atoms with E-state index >= 15 is 0 Å². The summed E-state index contributed by atoms with van der Waals surface area (Å²) in [5, 5.41) is 5.00. The number of carbonyl (C=O) groups excluding carboxylic acids is 1. The highest BCUT2D eigenvalue weighted by Gasteiger charge is 2.24. The average Bonchev–Trinajstić information content (AvgIpc) is 3.09. The number of amides is 1. The van der Waals surface area contributed by atoms with Gasteiger partial charge in [0.1, 0.15) is 12.1 Å². The number of nitrogens with zero attached hydrogens (tertiary/aromatic N) is 3. The number of rotatable bonds is 3. The van der Waals surface area contributed by atoms with E-state index in [-0.39, 0.29) is 11.9 Å². The van der Waals surface area contributed by atoms with Crippen LogP contribution >= 0.6 is 11.3 Å². The van der Waals surface area contributed by atoms with E-state index < -0.39 is 0 Å². The van der Waals surface area contributed by atoms with Gasteiger partial charge in [-0.05, 0) is 17.9 Å². The van der Waals surface area contributed by atoms with Crippen LogP contribution in [0.4, 0.5) is 5.82 Å². The number of nitrogens with one attached hydrogen (secondary N) is 1. The van der Waals surface area contributed by atoms with Crippen LogP contribution in [0.3, 0.4) is 0 Å². The van der Waals surface area contributed by atoms with Gasteiger partial charge >= 0.3 is 0 Å². The third-order valence-electron chi connectivity index (χ3n) is 3.35. The highest BCUT2D eigenvalue weighted by atomic mass is 32.1. The zero-order valence-corrected chi connectivity index (χ0v) is 12.1. The third kappa shape index (κ3) is 2.80. The predicted molar refractivity (Wildman–Crippen MR) is 79.8 cm³/mol. The molecule has 0 saturated carbocycles. The number of aromatic nitrogens is 2. The second-order valence-electron chi connectivity index (χ2n) is 4.87. The number of anilines is 1. The first-order valence-electron chi connectivity index (χ1n) is 6.60. The van der Waals surface area contributed by atoms with Crippen molar-refractivity contribution in [1.29, 1.82) is 0 Å². The van der Waals surface area contributed by atoms with E-state index in [1.165, 1.54) is 0 Å². The zero-order valence-electron chi connectivity index (χ0n) is 11.2. The summed E-state index contributed by atoms with van der Waals surface area (Å²) in [5.74, 6) is 0.954. The molecule has 20 heavy (non-hydrogen) atoms. The fourth-order valence-electron chi connectivity index (χ4n) is 2.45. The Morgan fingerprint density at radius 1 is 1.50 bits per heavy atom. The van der Waals surface area contributed by atoms with Crippen LogP contribution in [-0.4, -0.2) is 35.0 Å². The SMILES string of the molecule is CC(=O)NC1CCN(c2cc(-c3cccs3)ncn2)C1. The molecule has 1 fully saturated rings. The molecule has 0 aromatic carbocycles. The largest absolute Gasteiger partial charge is 0.354 e. The molecule has 1 aliphatic rings. The number of carbonyl (C=O) groups is 1. The zero-order chi connectivity index (χ0) is 13.9. The second-order valence-corrected chi connectivity index (χ2v) is 5.82. The van der Waals surface area contributed by atoms with Crippen LogP contribution in [0.5, 0.6) is 0 Å². The Hall–Kier alpha value is -1.95. The first-order chi connectivity index (χ1) is 9.72. The van der Waals surface area contributed by atoms with Gasteiger partial charge in [-0.2, -0.15) is 0 Å². The van der Waals surface area contributed by atoms with E-state index in [0.717, 1.165) is 35.9 Å². The molecular formula is C14H16N4OS. The van der Waals surface area contributed by atoms with Gasteiger partial charge in [0, 0.05) is 32.1 Å². The van der Waals surface area contributed by atoms with E-state index in [1.807, 2.05) is 17.5 Å². The molecule has 1 N–H and O–H groups in total. The maximum atomic E-state index is 11.1. The van der Waals surface area contributed by atoms with Crippen molar-refractivity contribution in [2.24, 2.45) is 0 Å². The predicted octanol–water partition coefficient (Wildman–Crippen LogP) is 1.92. The Labute approximate surface area is 121 Å². The quantitative estimate of drug-likeness (QED) is 0.937. The van der Waals surface area contributed by atoms with Gasteiger partial charge in [-0.3, -0.25) is 4.79 Å². The molecule has 0 spiro atoms. The molecule has 2 aromatic rings. The lowest BCUT2D eigenvalue weighted by Gasteiger charge is -2.17. The fourth-order valence-corrected chi connectivity index (χ4v) is 3.15. The minimum atomic E-state index is 0.0267. The molecule has 3 heterocycles. The molecule has 0 radical (unpaired) electrons. The number of thiophene rings is 1. The molecule has 1 unspecified atom stereocenters. The summed E-state index contributed by atoms with van der Waals surface area (Å²) in [5.41, 5.74) is 0.952. The van der Waals surface area contributed by atoms with Gasteiger partial charge in [-0.15, -0.1) is 11.3 Å². The minimum Gasteiger partial charge on any atom is -0.354 e. The topological polar surface area (TPSA) is 58.1 Å². The van der Waals surface area contributed by atoms with Crippen molar-refractivity contribution in [3.63, 3.8) is 0 Å². The van der Waals surface area contributed by atoms with Gasteiger partial charge in [-0.25, -0.2) is 9.97 Å². The van der Waals surface area contributed by atoms with Crippen LogP contribution in [-0.2, 0) is 4.79 Å². The van der Waals surface area contributed by atoms with Crippen LogP contribution in [0.1, 0.15) is 13.3 Å². The van der Waals surface area contributed by atoms with E-state index in [1.54, 1.807) is 24.6 Å². The third-order valence-corrected chi connectivity index (χ3v) is 4.24. The molecular weight excluding hydrogens is 272 g/mol. The maximum absolute atomic E-state index is 11.1. The van der Waals surface area contributed by atoms with E-state index in [4.69, 9.17) is 0 Å². The lowest BCUT2D eigenvalue weighted by molar-refractivity contribution is -0.119. The van der Waals surface area contributed by atoms with Crippen LogP contribution < -0.4 is 10.2 Å². The van der Waals surface area contributed by atoms with E-state index in [9.17, 15) is 4.79 Å². The Bertz CT molecular complexity index is 599. The molecule has 2 aromatic heterocycles. The maximum Gasteiger partial charge on any atom is 0.217 e. The van der Waals surface area contributed by atoms with Gasteiger partial charge < -0.3 is 10.2 Å². The fraction of sp³-hybridized carbons (Fsp3) is 0.357. The lowest BCUT2D eigenvalue weighted by atomic mass is 10.2. The van der Waals surface area contributed by atoms with Crippen molar-refractivity contribution >= 4 is 23.1 Å². The van der Waals surface area contributed by atoms with Crippen LogP contribution in [0.2, 0.25) is 0 Å². The summed E-state index contributed by atoms with van der Waals surface area (Å²) in [6, 6.07) is 6.31. The summed E-state index contributed by atoms with van der Waals surface area (Å²) in [4.78, 5) is 23.1. The van der Waals surface area contributed by atoms with E-state index in [2.05, 4.69) is 26.3 Å². The summed E-state index contributed by atoms with van der Waals surface area (Å²) >= 11 is 1.67.